The smallest absolute Gasteiger partial charge is 0.249 e. The number of hydrogen-bond donors (Lipinski definition) is 0. The van der Waals surface area contributed by atoms with Crippen LogP contribution in [0.15, 0.2) is 24.3 Å². The van der Waals surface area contributed by atoms with Crippen molar-refractivity contribution in [3.8, 4) is 0 Å². The maximum atomic E-state index is 12.7. The minimum Gasteiger partial charge on any atom is -0.275 e. The van der Waals surface area contributed by atoms with E-state index < -0.39 is 0 Å². The third-order valence-corrected chi connectivity index (χ3v) is 2.99. The van der Waals surface area contributed by atoms with E-state index in [2.05, 4.69) is 0 Å². The number of carbonyl (C=O) groups is 1. The standard InChI is InChI=1S/C12H14FNO2/c1-14(16-2)12(15)11-7-10(11)8-3-5-9(13)6-4-8/h3-6,10-11H,7H2,1-2H3/t10-,11-/m1/s1. The van der Waals surface area contributed by atoms with Gasteiger partial charge in [0.1, 0.15) is 5.82 Å². The van der Waals surface area contributed by atoms with E-state index in [0.717, 1.165) is 12.0 Å². The maximum absolute atomic E-state index is 12.7. The summed E-state index contributed by atoms with van der Waals surface area (Å²) in [6, 6.07) is 6.32. The van der Waals surface area contributed by atoms with E-state index in [0.29, 0.717) is 0 Å². The molecule has 1 fully saturated rings. The van der Waals surface area contributed by atoms with E-state index in [1.807, 2.05) is 0 Å². The molecule has 0 saturated heterocycles. The van der Waals surface area contributed by atoms with Crippen molar-refractivity contribution in [1.82, 2.24) is 5.06 Å². The van der Waals surface area contributed by atoms with Crippen molar-refractivity contribution < 1.29 is 14.0 Å². The summed E-state index contributed by atoms with van der Waals surface area (Å²) in [7, 11) is 3.07. The van der Waals surface area contributed by atoms with Crippen LogP contribution in [0, 0.1) is 11.7 Å². The Morgan fingerprint density at radius 3 is 2.62 bits per heavy atom. The van der Waals surface area contributed by atoms with Crippen molar-refractivity contribution in [1.29, 1.82) is 0 Å². The molecule has 0 aliphatic heterocycles. The van der Waals surface area contributed by atoms with Gasteiger partial charge in [-0.15, -0.1) is 0 Å². The van der Waals surface area contributed by atoms with E-state index in [4.69, 9.17) is 4.84 Å². The first kappa shape index (κ1) is 11.1. The first-order valence-electron chi connectivity index (χ1n) is 5.20. The fourth-order valence-corrected chi connectivity index (χ4v) is 1.87. The van der Waals surface area contributed by atoms with Gasteiger partial charge >= 0.3 is 0 Å². The van der Waals surface area contributed by atoms with Crippen molar-refractivity contribution in [2.45, 2.75) is 12.3 Å². The molecule has 0 radical (unpaired) electrons. The molecule has 16 heavy (non-hydrogen) atoms. The average molecular weight is 223 g/mol. The van der Waals surface area contributed by atoms with E-state index in [9.17, 15) is 9.18 Å². The van der Waals surface area contributed by atoms with Crippen LogP contribution in [0.25, 0.3) is 0 Å². The summed E-state index contributed by atoms with van der Waals surface area (Å²) in [6.07, 6.45) is 0.818. The summed E-state index contributed by atoms with van der Waals surface area (Å²) in [4.78, 5) is 16.6. The van der Waals surface area contributed by atoms with Crippen LogP contribution in [0.2, 0.25) is 0 Å². The van der Waals surface area contributed by atoms with E-state index >= 15 is 0 Å². The number of hydroxylamine groups is 2. The molecule has 0 unspecified atom stereocenters. The summed E-state index contributed by atoms with van der Waals surface area (Å²) in [5, 5.41) is 1.24. The monoisotopic (exact) mass is 223 g/mol. The fraction of sp³-hybridized carbons (Fsp3) is 0.417. The zero-order chi connectivity index (χ0) is 11.7. The van der Waals surface area contributed by atoms with Crippen LogP contribution >= 0.6 is 0 Å². The van der Waals surface area contributed by atoms with Crippen LogP contribution < -0.4 is 0 Å². The van der Waals surface area contributed by atoms with Crippen LogP contribution in [0.5, 0.6) is 0 Å². The first-order chi connectivity index (χ1) is 7.63. The van der Waals surface area contributed by atoms with Gasteiger partial charge in [-0.05, 0) is 30.0 Å². The Balaban J connectivity index is 2.01. The third-order valence-electron chi connectivity index (χ3n) is 2.99. The van der Waals surface area contributed by atoms with Gasteiger partial charge in [0, 0.05) is 13.0 Å². The van der Waals surface area contributed by atoms with Crippen LogP contribution in [0.4, 0.5) is 4.39 Å². The van der Waals surface area contributed by atoms with Crippen molar-refractivity contribution in [2.24, 2.45) is 5.92 Å². The second-order valence-corrected chi connectivity index (χ2v) is 4.02. The molecule has 0 N–H and O–H groups in total. The SMILES string of the molecule is CON(C)C(=O)[C@@H]1C[C@@H]1c1ccc(F)cc1. The summed E-state index contributed by atoms with van der Waals surface area (Å²) < 4.78 is 12.7. The largest absolute Gasteiger partial charge is 0.275 e. The highest BCUT2D eigenvalue weighted by atomic mass is 19.1. The first-order valence-corrected chi connectivity index (χ1v) is 5.20. The average Bonchev–Trinajstić information content (AvgIpc) is 3.08. The number of hydrogen-bond acceptors (Lipinski definition) is 2. The highest BCUT2D eigenvalue weighted by Crippen LogP contribution is 2.48. The van der Waals surface area contributed by atoms with Gasteiger partial charge in [0.2, 0.25) is 5.91 Å². The van der Waals surface area contributed by atoms with Gasteiger partial charge in [0.25, 0.3) is 0 Å². The molecule has 0 spiro atoms. The van der Waals surface area contributed by atoms with Crippen molar-refractivity contribution >= 4 is 5.91 Å². The molecular weight excluding hydrogens is 209 g/mol. The second-order valence-electron chi connectivity index (χ2n) is 4.02. The lowest BCUT2D eigenvalue weighted by Crippen LogP contribution is -2.27. The van der Waals surface area contributed by atoms with E-state index in [1.54, 1.807) is 19.2 Å². The van der Waals surface area contributed by atoms with Gasteiger partial charge < -0.3 is 0 Å². The van der Waals surface area contributed by atoms with Gasteiger partial charge in [0.05, 0.1) is 7.11 Å². The lowest BCUT2D eigenvalue weighted by Gasteiger charge is -2.13. The Morgan fingerprint density at radius 2 is 2.06 bits per heavy atom. The number of nitrogens with zero attached hydrogens (tertiary/aromatic N) is 1. The predicted molar refractivity (Wildman–Crippen MR) is 57.0 cm³/mol. The number of benzene rings is 1. The zero-order valence-corrected chi connectivity index (χ0v) is 9.31. The second kappa shape index (κ2) is 4.22. The molecule has 1 aliphatic rings. The van der Waals surface area contributed by atoms with Gasteiger partial charge in [-0.3, -0.25) is 9.63 Å². The zero-order valence-electron chi connectivity index (χ0n) is 9.31. The number of halogens is 1. The predicted octanol–water partition coefficient (Wildman–Crippen LogP) is 1.95. The van der Waals surface area contributed by atoms with Crippen molar-refractivity contribution in [2.75, 3.05) is 14.2 Å². The van der Waals surface area contributed by atoms with Gasteiger partial charge in [-0.2, -0.15) is 0 Å². The Kier molecular flexibility index (Phi) is 2.92. The molecule has 1 aromatic rings. The highest BCUT2D eigenvalue weighted by molar-refractivity contribution is 5.81. The molecule has 1 saturated carbocycles. The molecule has 0 bridgehead atoms. The summed E-state index contributed by atoms with van der Waals surface area (Å²) in [5.41, 5.74) is 1.02. The Morgan fingerprint density at radius 1 is 1.44 bits per heavy atom. The highest BCUT2D eigenvalue weighted by Gasteiger charge is 2.45. The normalized spacial score (nSPS) is 22.9. The lowest BCUT2D eigenvalue weighted by atomic mass is 10.1. The molecular formula is C12H14FNO2. The minimum absolute atomic E-state index is 0.0168. The number of amides is 1. The van der Waals surface area contributed by atoms with Crippen LogP contribution in [0.3, 0.4) is 0 Å². The molecule has 3 nitrogen and oxygen atoms in total. The Bertz CT molecular complexity index is 391. The maximum Gasteiger partial charge on any atom is 0.249 e. The summed E-state index contributed by atoms with van der Waals surface area (Å²) in [6.45, 7) is 0. The molecule has 2 atom stereocenters. The summed E-state index contributed by atoms with van der Waals surface area (Å²) >= 11 is 0. The van der Waals surface area contributed by atoms with Crippen molar-refractivity contribution in [3.05, 3.63) is 35.6 Å². The van der Waals surface area contributed by atoms with Gasteiger partial charge in [0.15, 0.2) is 0 Å². The van der Waals surface area contributed by atoms with Gasteiger partial charge in [-0.1, -0.05) is 12.1 Å². The fourth-order valence-electron chi connectivity index (χ4n) is 1.87. The number of rotatable bonds is 3. The van der Waals surface area contributed by atoms with Crippen molar-refractivity contribution in [3.63, 3.8) is 0 Å². The molecule has 86 valence electrons. The summed E-state index contributed by atoms with van der Waals surface area (Å²) in [5.74, 6) is -0.0702. The molecule has 1 amide bonds. The molecule has 0 aromatic heterocycles. The molecule has 1 aromatic carbocycles. The lowest BCUT2D eigenvalue weighted by molar-refractivity contribution is -0.170. The topological polar surface area (TPSA) is 29.5 Å². The molecule has 1 aliphatic carbocycles. The van der Waals surface area contributed by atoms with Gasteiger partial charge in [-0.25, -0.2) is 9.45 Å². The molecule has 0 heterocycles. The number of carbonyl (C=O) groups excluding carboxylic acids is 1. The Labute approximate surface area is 93.8 Å². The quantitative estimate of drug-likeness (QED) is 0.733. The van der Waals surface area contributed by atoms with Crippen LogP contribution in [0.1, 0.15) is 17.9 Å². The van der Waals surface area contributed by atoms with Crippen LogP contribution in [-0.4, -0.2) is 25.1 Å². The Hall–Kier alpha value is -1.42. The van der Waals surface area contributed by atoms with E-state index in [-0.39, 0.29) is 23.6 Å². The van der Waals surface area contributed by atoms with E-state index in [1.165, 1.54) is 24.3 Å². The minimum atomic E-state index is -0.249. The van der Waals surface area contributed by atoms with Crippen LogP contribution in [-0.2, 0) is 9.63 Å². The molecule has 2 rings (SSSR count). The molecule has 4 heteroatoms. The third kappa shape index (κ3) is 2.07.